The molecule has 2 heterocycles. The van der Waals surface area contributed by atoms with Gasteiger partial charge in [0, 0.05) is 6.20 Å². The molecule has 0 spiro atoms. The summed E-state index contributed by atoms with van der Waals surface area (Å²) in [4.78, 5) is 15.4. The van der Waals surface area contributed by atoms with E-state index < -0.39 is 36.8 Å². The normalized spacial score (nSPS) is 25.6. The maximum absolute atomic E-state index is 11.8. The number of rotatable bonds is 2. The van der Waals surface area contributed by atoms with Gasteiger partial charge in [0.05, 0.1) is 12.2 Å². The Morgan fingerprint density at radius 3 is 2.52 bits per heavy atom. The molecule has 0 aliphatic carbocycles. The standard InChI is InChI=1S/C12H15N3O5.C3H4/c1-2-3-6-4-15(12(19)14-10(6)13)11-9(18)8(17)7(5-16)20-11;1-3-2/h4,7-9,11,16-18H,5H2,1H3,(H2,13,14,19);1H,2H3/t7-,8-,9-,11-;/m1./s1. The molecule has 8 heteroatoms. The molecule has 0 radical (unpaired) electrons. The van der Waals surface area contributed by atoms with E-state index in [9.17, 15) is 15.0 Å². The summed E-state index contributed by atoms with van der Waals surface area (Å²) in [5, 5.41) is 28.6. The van der Waals surface area contributed by atoms with E-state index in [0.29, 0.717) is 5.56 Å². The van der Waals surface area contributed by atoms with Crippen LogP contribution in [0.1, 0.15) is 25.6 Å². The van der Waals surface area contributed by atoms with Crippen LogP contribution in [0.3, 0.4) is 0 Å². The smallest absolute Gasteiger partial charge is 0.351 e. The fraction of sp³-hybridized carbons (Fsp3) is 0.467. The third kappa shape index (κ3) is 4.09. The van der Waals surface area contributed by atoms with Gasteiger partial charge in [0.2, 0.25) is 0 Å². The van der Waals surface area contributed by atoms with Crippen molar-refractivity contribution in [3.63, 3.8) is 0 Å². The SMILES string of the molecule is C#CC.CC#Cc1cn([C@@H]2O[C@H](CO)[C@@H](O)[C@H]2O)c(=O)nc1N. The van der Waals surface area contributed by atoms with Crippen LogP contribution in [0.2, 0.25) is 0 Å². The average molecular weight is 321 g/mol. The van der Waals surface area contributed by atoms with Crippen molar-refractivity contribution in [2.24, 2.45) is 0 Å². The van der Waals surface area contributed by atoms with Crippen molar-refractivity contribution in [1.29, 1.82) is 0 Å². The van der Waals surface area contributed by atoms with E-state index in [1.165, 1.54) is 6.20 Å². The molecule has 1 aromatic heterocycles. The number of nitrogens with zero attached hydrogens (tertiary/aromatic N) is 2. The van der Waals surface area contributed by atoms with Gasteiger partial charge in [-0.3, -0.25) is 4.57 Å². The Labute approximate surface area is 133 Å². The number of aromatic nitrogens is 2. The van der Waals surface area contributed by atoms with Crippen LogP contribution in [0.4, 0.5) is 5.82 Å². The number of terminal acetylenes is 1. The van der Waals surface area contributed by atoms with Gasteiger partial charge >= 0.3 is 5.69 Å². The van der Waals surface area contributed by atoms with E-state index in [1.54, 1.807) is 13.8 Å². The second-order valence-corrected chi connectivity index (χ2v) is 4.62. The second-order valence-electron chi connectivity index (χ2n) is 4.62. The topological polar surface area (TPSA) is 131 Å². The first-order chi connectivity index (χ1) is 10.9. The van der Waals surface area contributed by atoms with Gasteiger partial charge in [-0.2, -0.15) is 4.98 Å². The van der Waals surface area contributed by atoms with Crippen LogP contribution >= 0.6 is 0 Å². The molecule has 1 fully saturated rings. The van der Waals surface area contributed by atoms with Crippen molar-refractivity contribution in [3.05, 3.63) is 22.2 Å². The van der Waals surface area contributed by atoms with Crippen LogP contribution in [-0.4, -0.2) is 49.8 Å². The molecule has 5 N–H and O–H groups in total. The maximum atomic E-state index is 11.8. The molecular formula is C15H19N3O5. The maximum Gasteiger partial charge on any atom is 0.351 e. The molecule has 1 aliphatic rings. The minimum atomic E-state index is -1.36. The van der Waals surface area contributed by atoms with Gasteiger partial charge < -0.3 is 25.8 Å². The minimum Gasteiger partial charge on any atom is -0.394 e. The highest BCUT2D eigenvalue weighted by atomic mass is 16.6. The molecule has 1 saturated heterocycles. The number of aliphatic hydroxyl groups excluding tert-OH is 3. The summed E-state index contributed by atoms with van der Waals surface area (Å²) in [5.74, 6) is 7.52. The van der Waals surface area contributed by atoms with Gasteiger partial charge in [-0.25, -0.2) is 4.79 Å². The molecule has 0 aromatic carbocycles. The Balaban J connectivity index is 0.000000816. The highest BCUT2D eigenvalue weighted by molar-refractivity contribution is 5.48. The lowest BCUT2D eigenvalue weighted by atomic mass is 10.1. The fourth-order valence-corrected chi connectivity index (χ4v) is 2.00. The zero-order chi connectivity index (χ0) is 17.6. The summed E-state index contributed by atoms with van der Waals surface area (Å²) in [6, 6.07) is 0. The zero-order valence-electron chi connectivity index (χ0n) is 12.8. The summed E-state index contributed by atoms with van der Waals surface area (Å²) >= 11 is 0. The predicted molar refractivity (Wildman–Crippen MR) is 83.0 cm³/mol. The first-order valence-electron chi connectivity index (χ1n) is 6.72. The van der Waals surface area contributed by atoms with E-state index in [4.69, 9.17) is 15.6 Å². The summed E-state index contributed by atoms with van der Waals surface area (Å²) in [7, 11) is 0. The van der Waals surface area contributed by atoms with Crippen LogP contribution in [0.25, 0.3) is 0 Å². The van der Waals surface area contributed by atoms with Crippen LogP contribution in [0.5, 0.6) is 0 Å². The third-order valence-electron chi connectivity index (χ3n) is 3.03. The van der Waals surface area contributed by atoms with Gasteiger partial charge in [-0.15, -0.1) is 18.3 Å². The minimum absolute atomic E-state index is 0.0210. The summed E-state index contributed by atoms with van der Waals surface area (Å²) in [5.41, 5.74) is 5.14. The molecule has 1 aliphatic heterocycles. The summed E-state index contributed by atoms with van der Waals surface area (Å²) in [6.45, 7) is 2.77. The van der Waals surface area contributed by atoms with Crippen molar-refractivity contribution in [2.45, 2.75) is 38.4 Å². The number of hydrogen-bond donors (Lipinski definition) is 4. The number of nitrogens with two attached hydrogens (primary N) is 1. The van der Waals surface area contributed by atoms with Crippen molar-refractivity contribution >= 4 is 5.82 Å². The first kappa shape index (κ1) is 18.7. The Hall–Kier alpha value is -2.36. The third-order valence-corrected chi connectivity index (χ3v) is 3.03. The first-order valence-corrected chi connectivity index (χ1v) is 6.72. The van der Waals surface area contributed by atoms with Gasteiger partial charge in [0.1, 0.15) is 24.1 Å². The summed E-state index contributed by atoms with van der Waals surface area (Å²) < 4.78 is 6.26. The molecule has 0 bridgehead atoms. The second kappa shape index (κ2) is 8.32. The van der Waals surface area contributed by atoms with Gasteiger partial charge in [-0.05, 0) is 13.8 Å². The highest BCUT2D eigenvalue weighted by Crippen LogP contribution is 2.28. The van der Waals surface area contributed by atoms with E-state index in [0.717, 1.165) is 4.57 Å². The molecule has 4 atom stereocenters. The molecule has 8 nitrogen and oxygen atoms in total. The summed E-state index contributed by atoms with van der Waals surface area (Å²) in [6.07, 6.45) is 1.12. The van der Waals surface area contributed by atoms with E-state index in [1.807, 2.05) is 0 Å². The van der Waals surface area contributed by atoms with Crippen molar-refractivity contribution in [2.75, 3.05) is 12.3 Å². The predicted octanol–water partition coefficient (Wildman–Crippen LogP) is -1.55. The number of hydrogen-bond acceptors (Lipinski definition) is 7. The van der Waals surface area contributed by atoms with Gasteiger partial charge in [0.25, 0.3) is 0 Å². The lowest BCUT2D eigenvalue weighted by Crippen LogP contribution is -2.36. The van der Waals surface area contributed by atoms with E-state index >= 15 is 0 Å². The number of ether oxygens (including phenoxy) is 1. The highest BCUT2D eigenvalue weighted by Gasteiger charge is 2.43. The Morgan fingerprint density at radius 2 is 2.04 bits per heavy atom. The Kier molecular flexibility index (Phi) is 6.76. The molecular weight excluding hydrogens is 302 g/mol. The molecule has 124 valence electrons. The van der Waals surface area contributed by atoms with Crippen LogP contribution in [0.15, 0.2) is 11.0 Å². The van der Waals surface area contributed by atoms with Crippen molar-refractivity contribution in [3.8, 4) is 24.2 Å². The Bertz CT molecular complexity index is 698. The van der Waals surface area contributed by atoms with Crippen molar-refractivity contribution in [1.82, 2.24) is 9.55 Å². The van der Waals surface area contributed by atoms with Crippen LogP contribution in [-0.2, 0) is 4.74 Å². The van der Waals surface area contributed by atoms with Gasteiger partial charge in [0.15, 0.2) is 6.23 Å². The lowest BCUT2D eigenvalue weighted by molar-refractivity contribution is -0.0549. The molecule has 1 aromatic rings. The Morgan fingerprint density at radius 1 is 1.43 bits per heavy atom. The average Bonchev–Trinajstić information content (AvgIpc) is 2.79. The number of nitrogen functional groups attached to an aromatic ring is 1. The fourth-order valence-electron chi connectivity index (χ4n) is 2.00. The van der Waals surface area contributed by atoms with Gasteiger partial charge in [-0.1, -0.05) is 5.92 Å². The lowest BCUT2D eigenvalue weighted by Gasteiger charge is -2.17. The molecule has 0 saturated carbocycles. The molecule has 2 rings (SSSR count). The van der Waals surface area contributed by atoms with E-state index in [-0.39, 0.29) is 5.82 Å². The monoisotopic (exact) mass is 321 g/mol. The quantitative estimate of drug-likeness (QED) is 0.485. The zero-order valence-corrected chi connectivity index (χ0v) is 12.8. The van der Waals surface area contributed by atoms with Crippen LogP contribution < -0.4 is 11.4 Å². The molecule has 0 unspecified atom stereocenters. The largest absolute Gasteiger partial charge is 0.394 e. The number of aliphatic hydroxyl groups is 3. The van der Waals surface area contributed by atoms with Crippen LogP contribution in [0, 0.1) is 24.2 Å². The van der Waals surface area contributed by atoms with Crippen molar-refractivity contribution < 1.29 is 20.1 Å². The molecule has 0 amide bonds. The number of anilines is 1. The van der Waals surface area contributed by atoms with E-state index in [2.05, 4.69) is 29.2 Å². The molecule has 23 heavy (non-hydrogen) atoms.